The third kappa shape index (κ3) is 5.13. The number of amides is 1. The molecule has 0 radical (unpaired) electrons. The minimum atomic E-state index is -0.941. The van der Waals surface area contributed by atoms with Gasteiger partial charge in [-0.25, -0.2) is 9.59 Å². The predicted octanol–water partition coefficient (Wildman–Crippen LogP) is 2.46. The molecule has 0 bridgehead atoms. The standard InChI is InChI=1S/C22H27N3O7/c1-6-16(21(27)32-7-2)24-20(26)17-12(3)23-13(4)18(22(28)31-5)19(17)14-9-8-10-15(11-14)25(29)30/h8-11,16,19,23H,6-7H2,1-5H3,(H,24,26). The fourth-order valence-electron chi connectivity index (χ4n) is 3.63. The van der Waals surface area contributed by atoms with Gasteiger partial charge in [0.25, 0.3) is 11.6 Å². The van der Waals surface area contributed by atoms with Crippen LogP contribution in [0.5, 0.6) is 0 Å². The molecule has 2 N–H and O–H groups in total. The lowest BCUT2D eigenvalue weighted by Crippen LogP contribution is -2.44. The SMILES string of the molecule is CCOC(=O)C(CC)NC(=O)C1=C(C)NC(C)=C(C(=O)OC)C1c1cccc([N+](=O)[O-])c1. The van der Waals surface area contributed by atoms with E-state index in [4.69, 9.17) is 9.47 Å². The van der Waals surface area contributed by atoms with Gasteiger partial charge in [-0.2, -0.15) is 0 Å². The minimum absolute atomic E-state index is 0.146. The quantitative estimate of drug-likeness (QED) is 0.354. The number of nitrogens with one attached hydrogen (secondary N) is 2. The third-order valence-corrected chi connectivity index (χ3v) is 5.11. The number of methoxy groups -OCH3 is 1. The molecule has 1 aliphatic heterocycles. The van der Waals surface area contributed by atoms with Crippen LogP contribution in [0.3, 0.4) is 0 Å². The number of esters is 2. The average molecular weight is 445 g/mol. The Labute approximate surface area is 185 Å². The van der Waals surface area contributed by atoms with E-state index in [2.05, 4.69) is 10.6 Å². The summed E-state index contributed by atoms with van der Waals surface area (Å²) in [6, 6.07) is 4.83. The Morgan fingerprint density at radius 3 is 2.41 bits per heavy atom. The van der Waals surface area contributed by atoms with Crippen LogP contribution in [-0.4, -0.2) is 42.5 Å². The second-order valence-electron chi connectivity index (χ2n) is 7.17. The summed E-state index contributed by atoms with van der Waals surface area (Å²) in [5.74, 6) is -2.79. The van der Waals surface area contributed by atoms with Gasteiger partial charge in [-0.1, -0.05) is 19.1 Å². The van der Waals surface area contributed by atoms with Gasteiger partial charge in [-0.05, 0) is 32.8 Å². The van der Waals surface area contributed by atoms with E-state index in [0.29, 0.717) is 23.4 Å². The molecule has 0 fully saturated rings. The Bertz CT molecular complexity index is 997. The molecule has 0 spiro atoms. The van der Waals surface area contributed by atoms with Crippen molar-refractivity contribution in [3.63, 3.8) is 0 Å². The van der Waals surface area contributed by atoms with Gasteiger partial charge in [0.1, 0.15) is 6.04 Å². The molecular weight excluding hydrogens is 418 g/mol. The Kier molecular flexibility index (Phi) is 8.11. The number of allylic oxidation sites excluding steroid dienone is 2. The van der Waals surface area contributed by atoms with Crippen molar-refractivity contribution in [2.45, 2.75) is 46.1 Å². The molecule has 1 aromatic carbocycles. The van der Waals surface area contributed by atoms with E-state index in [1.54, 1.807) is 33.8 Å². The van der Waals surface area contributed by atoms with Crippen molar-refractivity contribution >= 4 is 23.5 Å². The maximum Gasteiger partial charge on any atom is 0.336 e. The van der Waals surface area contributed by atoms with Gasteiger partial charge in [0.05, 0.1) is 30.1 Å². The highest BCUT2D eigenvalue weighted by Gasteiger charge is 2.38. The molecule has 32 heavy (non-hydrogen) atoms. The van der Waals surface area contributed by atoms with Crippen molar-refractivity contribution in [2.75, 3.05) is 13.7 Å². The monoisotopic (exact) mass is 445 g/mol. The summed E-state index contributed by atoms with van der Waals surface area (Å²) in [4.78, 5) is 48.9. The zero-order chi connectivity index (χ0) is 24.0. The zero-order valence-corrected chi connectivity index (χ0v) is 18.7. The maximum atomic E-state index is 13.3. The molecule has 10 heteroatoms. The molecular formula is C22H27N3O7. The van der Waals surface area contributed by atoms with Gasteiger partial charge in [0.15, 0.2) is 0 Å². The molecule has 2 atom stereocenters. The molecule has 0 aliphatic carbocycles. The first-order valence-corrected chi connectivity index (χ1v) is 10.1. The van der Waals surface area contributed by atoms with Crippen LogP contribution < -0.4 is 10.6 Å². The fraction of sp³-hybridized carbons (Fsp3) is 0.409. The number of nitrogens with zero attached hydrogens (tertiary/aromatic N) is 1. The Hall–Kier alpha value is -3.69. The van der Waals surface area contributed by atoms with Gasteiger partial charge >= 0.3 is 11.9 Å². The number of ether oxygens (including phenoxy) is 2. The Morgan fingerprint density at radius 2 is 1.84 bits per heavy atom. The molecule has 1 amide bonds. The number of benzene rings is 1. The Balaban J connectivity index is 2.60. The number of nitro groups is 1. The van der Waals surface area contributed by atoms with Crippen LogP contribution in [0.2, 0.25) is 0 Å². The van der Waals surface area contributed by atoms with Crippen molar-refractivity contribution < 1.29 is 28.8 Å². The van der Waals surface area contributed by atoms with Crippen LogP contribution in [0.25, 0.3) is 0 Å². The van der Waals surface area contributed by atoms with E-state index < -0.39 is 34.7 Å². The largest absolute Gasteiger partial charge is 0.466 e. The van der Waals surface area contributed by atoms with Gasteiger partial charge in [-0.3, -0.25) is 14.9 Å². The summed E-state index contributed by atoms with van der Waals surface area (Å²) in [7, 11) is 1.21. The van der Waals surface area contributed by atoms with Crippen molar-refractivity contribution in [1.29, 1.82) is 0 Å². The molecule has 1 aliphatic rings. The van der Waals surface area contributed by atoms with Gasteiger partial charge in [0.2, 0.25) is 0 Å². The highest BCUT2D eigenvalue weighted by molar-refractivity contribution is 6.03. The second-order valence-corrected chi connectivity index (χ2v) is 7.17. The minimum Gasteiger partial charge on any atom is -0.466 e. The number of dihydropyridines is 1. The van der Waals surface area contributed by atoms with Crippen molar-refractivity contribution in [2.24, 2.45) is 0 Å². The second kappa shape index (κ2) is 10.6. The normalized spacial score (nSPS) is 16.7. The number of nitro benzene ring substituents is 1. The average Bonchev–Trinajstić information content (AvgIpc) is 2.76. The van der Waals surface area contributed by atoms with Crippen LogP contribution in [0.15, 0.2) is 46.8 Å². The molecule has 1 heterocycles. The van der Waals surface area contributed by atoms with E-state index in [1.807, 2.05) is 0 Å². The highest BCUT2D eigenvalue weighted by Crippen LogP contribution is 2.39. The Morgan fingerprint density at radius 1 is 1.19 bits per heavy atom. The van der Waals surface area contributed by atoms with Gasteiger partial charge in [0, 0.05) is 29.1 Å². The molecule has 10 nitrogen and oxygen atoms in total. The van der Waals surface area contributed by atoms with Crippen molar-refractivity contribution in [3.05, 3.63) is 62.5 Å². The van der Waals surface area contributed by atoms with E-state index in [-0.39, 0.29) is 23.4 Å². The molecule has 2 rings (SSSR count). The van der Waals surface area contributed by atoms with Crippen LogP contribution in [0, 0.1) is 10.1 Å². The topological polar surface area (TPSA) is 137 Å². The first-order chi connectivity index (χ1) is 15.2. The summed E-state index contributed by atoms with van der Waals surface area (Å²) in [6.07, 6.45) is 0.296. The lowest BCUT2D eigenvalue weighted by atomic mass is 9.79. The number of non-ortho nitro benzene ring substituents is 1. The number of hydrogen-bond donors (Lipinski definition) is 2. The highest BCUT2D eigenvalue weighted by atomic mass is 16.6. The molecule has 1 aromatic rings. The summed E-state index contributed by atoms with van der Waals surface area (Å²) in [5.41, 5.74) is 1.39. The van der Waals surface area contributed by atoms with E-state index >= 15 is 0 Å². The number of rotatable bonds is 8. The summed E-state index contributed by atoms with van der Waals surface area (Å²) < 4.78 is 9.94. The molecule has 0 aromatic heterocycles. The lowest BCUT2D eigenvalue weighted by Gasteiger charge is -2.31. The summed E-state index contributed by atoms with van der Waals surface area (Å²) in [5, 5.41) is 17.0. The van der Waals surface area contributed by atoms with Crippen LogP contribution in [-0.2, 0) is 23.9 Å². The molecule has 0 saturated carbocycles. The lowest BCUT2D eigenvalue weighted by molar-refractivity contribution is -0.384. The van der Waals surface area contributed by atoms with Crippen LogP contribution in [0.4, 0.5) is 5.69 Å². The number of carbonyl (C=O) groups is 3. The van der Waals surface area contributed by atoms with E-state index in [0.717, 1.165) is 0 Å². The first-order valence-electron chi connectivity index (χ1n) is 10.1. The van der Waals surface area contributed by atoms with Crippen LogP contribution in [0.1, 0.15) is 45.6 Å². The van der Waals surface area contributed by atoms with E-state index in [1.165, 1.54) is 25.3 Å². The maximum absolute atomic E-state index is 13.3. The molecule has 2 unspecified atom stereocenters. The zero-order valence-electron chi connectivity index (χ0n) is 18.7. The van der Waals surface area contributed by atoms with Crippen molar-refractivity contribution in [1.82, 2.24) is 10.6 Å². The smallest absolute Gasteiger partial charge is 0.336 e. The van der Waals surface area contributed by atoms with E-state index in [9.17, 15) is 24.5 Å². The number of carbonyl (C=O) groups excluding carboxylic acids is 3. The molecule has 0 saturated heterocycles. The summed E-state index contributed by atoms with van der Waals surface area (Å²) >= 11 is 0. The molecule has 172 valence electrons. The third-order valence-electron chi connectivity index (χ3n) is 5.11. The number of hydrogen-bond acceptors (Lipinski definition) is 8. The van der Waals surface area contributed by atoms with Gasteiger partial charge in [-0.15, -0.1) is 0 Å². The summed E-state index contributed by atoms with van der Waals surface area (Å²) in [6.45, 7) is 6.87. The fourth-order valence-corrected chi connectivity index (χ4v) is 3.63. The first kappa shape index (κ1) is 24.6. The van der Waals surface area contributed by atoms with Gasteiger partial charge < -0.3 is 20.1 Å². The predicted molar refractivity (Wildman–Crippen MR) is 115 cm³/mol. The van der Waals surface area contributed by atoms with Crippen molar-refractivity contribution in [3.8, 4) is 0 Å². The van der Waals surface area contributed by atoms with Crippen LogP contribution >= 0.6 is 0 Å².